The molecule has 23 heavy (non-hydrogen) atoms. The molecule has 1 amide bonds. The Morgan fingerprint density at radius 1 is 1.17 bits per heavy atom. The van der Waals surface area contributed by atoms with E-state index < -0.39 is 12.0 Å². The number of methoxy groups -OCH3 is 2. The Labute approximate surface area is 134 Å². The third kappa shape index (κ3) is 4.12. The van der Waals surface area contributed by atoms with Crippen LogP contribution in [0.3, 0.4) is 0 Å². The zero-order valence-corrected chi connectivity index (χ0v) is 13.3. The second-order valence-corrected chi connectivity index (χ2v) is 5.01. The lowest BCUT2D eigenvalue weighted by molar-refractivity contribution is -0.141. The molecular weight excluding hydrogens is 298 g/mol. The number of benzene rings is 1. The van der Waals surface area contributed by atoms with Gasteiger partial charge in [0.2, 0.25) is 0 Å². The van der Waals surface area contributed by atoms with Crippen LogP contribution in [0.15, 0.2) is 41.0 Å². The van der Waals surface area contributed by atoms with E-state index in [1.165, 1.54) is 13.4 Å². The van der Waals surface area contributed by atoms with Gasteiger partial charge in [-0.2, -0.15) is 0 Å². The maximum atomic E-state index is 12.3. The maximum Gasteiger partial charge on any atom is 0.307 e. The smallest absolute Gasteiger partial charge is 0.307 e. The molecule has 1 N–H and O–H groups in total. The molecule has 0 fully saturated rings. The van der Waals surface area contributed by atoms with Gasteiger partial charge in [-0.1, -0.05) is 12.1 Å². The number of aryl methyl sites for hydroxylation is 1. The first-order chi connectivity index (χ1) is 11.0. The van der Waals surface area contributed by atoms with Crippen LogP contribution in [-0.4, -0.2) is 26.1 Å². The standard InChI is InChI=1S/C17H19NO5/c1-11-8-9-23-16(11)17(20)18-14(10-15(19)22-3)12-4-6-13(21-2)7-5-12/h4-9,14H,10H2,1-3H3,(H,18,20). The summed E-state index contributed by atoms with van der Waals surface area (Å²) in [6.07, 6.45) is 1.47. The molecule has 1 atom stereocenters. The summed E-state index contributed by atoms with van der Waals surface area (Å²) >= 11 is 0. The fourth-order valence-electron chi connectivity index (χ4n) is 2.17. The molecule has 1 aromatic carbocycles. The van der Waals surface area contributed by atoms with Crippen molar-refractivity contribution >= 4 is 11.9 Å². The van der Waals surface area contributed by atoms with E-state index in [2.05, 4.69) is 5.32 Å². The van der Waals surface area contributed by atoms with Crippen LogP contribution in [0, 0.1) is 6.92 Å². The molecule has 0 bridgehead atoms. The Morgan fingerprint density at radius 2 is 1.87 bits per heavy atom. The predicted molar refractivity (Wildman–Crippen MR) is 83.3 cm³/mol. The normalized spacial score (nSPS) is 11.6. The molecule has 0 radical (unpaired) electrons. The van der Waals surface area contributed by atoms with Crippen LogP contribution in [0.4, 0.5) is 0 Å². The summed E-state index contributed by atoms with van der Waals surface area (Å²) in [5.41, 5.74) is 1.50. The molecule has 1 unspecified atom stereocenters. The molecule has 0 spiro atoms. The molecule has 6 nitrogen and oxygen atoms in total. The molecule has 2 rings (SSSR count). The van der Waals surface area contributed by atoms with Crippen LogP contribution in [0.5, 0.6) is 5.75 Å². The fraction of sp³-hybridized carbons (Fsp3) is 0.294. The minimum absolute atomic E-state index is 0.0221. The minimum atomic E-state index is -0.523. The van der Waals surface area contributed by atoms with Crippen molar-refractivity contribution in [3.05, 3.63) is 53.5 Å². The maximum absolute atomic E-state index is 12.3. The first kappa shape index (κ1) is 16.6. The summed E-state index contributed by atoms with van der Waals surface area (Å²) in [5.74, 6) is 0.131. The van der Waals surface area contributed by atoms with Gasteiger partial charge in [0.15, 0.2) is 5.76 Å². The summed E-state index contributed by atoms with van der Waals surface area (Å²) in [7, 11) is 2.88. The van der Waals surface area contributed by atoms with E-state index in [0.717, 1.165) is 11.1 Å². The molecule has 1 heterocycles. The van der Waals surface area contributed by atoms with Crippen molar-refractivity contribution in [2.75, 3.05) is 14.2 Å². The quantitative estimate of drug-likeness (QED) is 0.829. The Bertz CT molecular complexity index is 675. The van der Waals surface area contributed by atoms with Crippen LogP contribution < -0.4 is 10.1 Å². The lowest BCUT2D eigenvalue weighted by Crippen LogP contribution is -2.30. The lowest BCUT2D eigenvalue weighted by Gasteiger charge is -2.18. The molecule has 0 aliphatic heterocycles. The molecule has 0 saturated carbocycles. The van der Waals surface area contributed by atoms with Gasteiger partial charge in [-0.15, -0.1) is 0 Å². The van der Waals surface area contributed by atoms with E-state index in [1.54, 1.807) is 44.4 Å². The molecule has 0 aliphatic rings. The van der Waals surface area contributed by atoms with Crippen molar-refractivity contribution in [1.29, 1.82) is 0 Å². The van der Waals surface area contributed by atoms with Crippen molar-refractivity contribution in [1.82, 2.24) is 5.32 Å². The number of carbonyl (C=O) groups excluding carboxylic acids is 2. The van der Waals surface area contributed by atoms with Crippen molar-refractivity contribution in [2.45, 2.75) is 19.4 Å². The zero-order valence-electron chi connectivity index (χ0n) is 13.3. The Morgan fingerprint density at radius 3 is 2.39 bits per heavy atom. The third-order valence-electron chi connectivity index (χ3n) is 3.49. The van der Waals surface area contributed by atoms with Gasteiger partial charge >= 0.3 is 5.97 Å². The second kappa shape index (κ2) is 7.49. The summed E-state index contributed by atoms with van der Waals surface area (Å²) in [6, 6.07) is 8.31. The van der Waals surface area contributed by atoms with Gasteiger partial charge in [0.05, 0.1) is 32.9 Å². The van der Waals surface area contributed by atoms with E-state index >= 15 is 0 Å². The Kier molecular flexibility index (Phi) is 5.41. The summed E-state index contributed by atoms with van der Waals surface area (Å²) in [5, 5.41) is 2.80. The summed E-state index contributed by atoms with van der Waals surface area (Å²) in [4.78, 5) is 24.0. The highest BCUT2D eigenvalue weighted by atomic mass is 16.5. The van der Waals surface area contributed by atoms with E-state index in [0.29, 0.717) is 5.75 Å². The number of carbonyl (C=O) groups is 2. The first-order valence-electron chi connectivity index (χ1n) is 7.11. The summed E-state index contributed by atoms with van der Waals surface area (Å²) < 4.78 is 15.0. The zero-order chi connectivity index (χ0) is 16.8. The average molecular weight is 317 g/mol. The van der Waals surface area contributed by atoms with Crippen molar-refractivity contribution in [2.24, 2.45) is 0 Å². The number of hydrogen-bond donors (Lipinski definition) is 1. The lowest BCUT2D eigenvalue weighted by atomic mass is 10.0. The highest BCUT2D eigenvalue weighted by Gasteiger charge is 2.22. The number of rotatable bonds is 6. The van der Waals surface area contributed by atoms with Gasteiger partial charge < -0.3 is 19.2 Å². The minimum Gasteiger partial charge on any atom is -0.497 e. The Hall–Kier alpha value is -2.76. The molecule has 0 aliphatic carbocycles. The number of ether oxygens (including phenoxy) is 2. The van der Waals surface area contributed by atoms with Gasteiger partial charge in [-0.25, -0.2) is 0 Å². The average Bonchev–Trinajstić information content (AvgIpc) is 3.00. The number of amides is 1. The van der Waals surface area contributed by atoms with E-state index in [-0.39, 0.29) is 18.1 Å². The number of hydrogen-bond acceptors (Lipinski definition) is 5. The molecule has 0 saturated heterocycles. The Balaban J connectivity index is 2.21. The van der Waals surface area contributed by atoms with Crippen LogP contribution in [0.1, 0.15) is 34.1 Å². The molecule has 6 heteroatoms. The van der Waals surface area contributed by atoms with Crippen LogP contribution in [0.2, 0.25) is 0 Å². The van der Waals surface area contributed by atoms with E-state index in [4.69, 9.17) is 13.9 Å². The highest BCUT2D eigenvalue weighted by molar-refractivity contribution is 5.93. The van der Waals surface area contributed by atoms with Crippen LogP contribution in [-0.2, 0) is 9.53 Å². The van der Waals surface area contributed by atoms with Crippen molar-refractivity contribution in [3.8, 4) is 5.75 Å². The number of esters is 1. The molecular formula is C17H19NO5. The third-order valence-corrected chi connectivity index (χ3v) is 3.49. The van der Waals surface area contributed by atoms with Crippen LogP contribution in [0.25, 0.3) is 0 Å². The van der Waals surface area contributed by atoms with E-state index in [1.807, 2.05) is 0 Å². The predicted octanol–water partition coefficient (Wildman–Crippen LogP) is 2.63. The summed E-state index contributed by atoms with van der Waals surface area (Å²) in [6.45, 7) is 1.78. The topological polar surface area (TPSA) is 77.8 Å². The largest absolute Gasteiger partial charge is 0.497 e. The number of furan rings is 1. The first-order valence-corrected chi connectivity index (χ1v) is 7.11. The monoisotopic (exact) mass is 317 g/mol. The fourth-order valence-corrected chi connectivity index (χ4v) is 2.17. The number of nitrogens with one attached hydrogen (secondary N) is 1. The van der Waals surface area contributed by atoms with Gasteiger partial charge in [-0.3, -0.25) is 9.59 Å². The van der Waals surface area contributed by atoms with E-state index in [9.17, 15) is 9.59 Å². The molecule has 122 valence electrons. The van der Waals surface area contributed by atoms with Gasteiger partial charge in [0.25, 0.3) is 5.91 Å². The van der Waals surface area contributed by atoms with Crippen molar-refractivity contribution in [3.63, 3.8) is 0 Å². The van der Waals surface area contributed by atoms with Gasteiger partial charge in [0, 0.05) is 5.56 Å². The van der Waals surface area contributed by atoms with Gasteiger partial charge in [0.1, 0.15) is 5.75 Å². The molecule has 1 aromatic heterocycles. The highest BCUT2D eigenvalue weighted by Crippen LogP contribution is 2.22. The second-order valence-electron chi connectivity index (χ2n) is 5.01. The van der Waals surface area contributed by atoms with Gasteiger partial charge in [-0.05, 0) is 30.7 Å². The van der Waals surface area contributed by atoms with Crippen LogP contribution >= 0.6 is 0 Å². The SMILES string of the molecule is COC(=O)CC(NC(=O)c1occc1C)c1ccc(OC)cc1. The van der Waals surface area contributed by atoms with Crippen molar-refractivity contribution < 1.29 is 23.5 Å². The molecule has 2 aromatic rings.